The summed E-state index contributed by atoms with van der Waals surface area (Å²) < 4.78 is 13.5. The SMILES string of the molecule is CC(C)(C)NCCC(=O)Nc1c(Cl)cc(F)cc1Br. The third kappa shape index (κ3) is 5.89. The van der Waals surface area contributed by atoms with Gasteiger partial charge in [0.2, 0.25) is 5.91 Å². The standard InChI is InChI=1S/C13H17BrClFN2O/c1-13(2,3)17-5-4-11(19)18-12-9(14)6-8(16)7-10(12)15/h6-7,17H,4-5H2,1-3H3,(H,18,19). The van der Waals surface area contributed by atoms with E-state index >= 15 is 0 Å². The number of hydrogen-bond acceptors (Lipinski definition) is 2. The first-order valence-corrected chi connectivity index (χ1v) is 7.05. The summed E-state index contributed by atoms with van der Waals surface area (Å²) in [4.78, 5) is 11.8. The molecule has 1 aromatic rings. The number of carbonyl (C=O) groups excluding carboxylic acids is 1. The van der Waals surface area contributed by atoms with Crippen LogP contribution < -0.4 is 10.6 Å². The van der Waals surface area contributed by atoms with Gasteiger partial charge in [-0.05, 0) is 48.8 Å². The Hall–Kier alpha value is -0.650. The van der Waals surface area contributed by atoms with Crippen molar-refractivity contribution in [2.24, 2.45) is 0 Å². The molecule has 0 aliphatic heterocycles. The predicted molar refractivity (Wildman–Crippen MR) is 80.1 cm³/mol. The molecule has 0 heterocycles. The van der Waals surface area contributed by atoms with Gasteiger partial charge in [-0.1, -0.05) is 11.6 Å². The largest absolute Gasteiger partial charge is 0.324 e. The van der Waals surface area contributed by atoms with Crippen molar-refractivity contribution in [2.45, 2.75) is 32.7 Å². The van der Waals surface area contributed by atoms with E-state index in [1.54, 1.807) is 0 Å². The summed E-state index contributed by atoms with van der Waals surface area (Å²) in [6.07, 6.45) is 0.317. The molecule has 1 aromatic carbocycles. The van der Waals surface area contributed by atoms with Gasteiger partial charge in [-0.15, -0.1) is 0 Å². The molecule has 19 heavy (non-hydrogen) atoms. The van der Waals surface area contributed by atoms with Gasteiger partial charge in [0.15, 0.2) is 0 Å². The van der Waals surface area contributed by atoms with Gasteiger partial charge in [-0.2, -0.15) is 0 Å². The number of benzene rings is 1. The smallest absolute Gasteiger partial charge is 0.225 e. The van der Waals surface area contributed by atoms with Crippen LogP contribution in [0.1, 0.15) is 27.2 Å². The Kier molecular flexibility index (Phi) is 5.77. The molecule has 3 nitrogen and oxygen atoms in total. The van der Waals surface area contributed by atoms with Gasteiger partial charge in [-0.25, -0.2) is 4.39 Å². The Morgan fingerprint density at radius 1 is 1.42 bits per heavy atom. The Balaban J connectivity index is 2.58. The molecule has 0 bridgehead atoms. The lowest BCUT2D eigenvalue weighted by atomic mass is 10.1. The van der Waals surface area contributed by atoms with Gasteiger partial charge >= 0.3 is 0 Å². The maximum Gasteiger partial charge on any atom is 0.225 e. The molecule has 1 rings (SSSR count). The second-order valence-electron chi connectivity index (χ2n) is 5.22. The fraction of sp³-hybridized carbons (Fsp3) is 0.462. The number of halogens is 3. The second kappa shape index (κ2) is 6.68. The Labute approximate surface area is 126 Å². The van der Waals surface area contributed by atoms with Gasteiger partial charge in [0.1, 0.15) is 5.82 Å². The highest BCUT2D eigenvalue weighted by Crippen LogP contribution is 2.31. The van der Waals surface area contributed by atoms with Gasteiger partial charge in [0.05, 0.1) is 10.7 Å². The topological polar surface area (TPSA) is 41.1 Å². The van der Waals surface area contributed by atoms with Crippen LogP contribution in [0.2, 0.25) is 5.02 Å². The van der Waals surface area contributed by atoms with Crippen LogP contribution in [-0.2, 0) is 4.79 Å². The van der Waals surface area contributed by atoms with E-state index in [9.17, 15) is 9.18 Å². The van der Waals surface area contributed by atoms with E-state index in [0.717, 1.165) is 6.07 Å². The average Bonchev–Trinajstić information content (AvgIpc) is 2.21. The van der Waals surface area contributed by atoms with E-state index in [0.29, 0.717) is 23.1 Å². The molecule has 0 aromatic heterocycles. The molecule has 0 radical (unpaired) electrons. The monoisotopic (exact) mass is 350 g/mol. The zero-order valence-electron chi connectivity index (χ0n) is 11.1. The molecule has 106 valence electrons. The minimum atomic E-state index is -0.454. The van der Waals surface area contributed by atoms with Crippen LogP contribution in [0.25, 0.3) is 0 Å². The minimum Gasteiger partial charge on any atom is -0.324 e. The summed E-state index contributed by atoms with van der Waals surface area (Å²) in [5, 5.41) is 6.05. The fourth-order valence-electron chi connectivity index (χ4n) is 1.41. The third-order valence-electron chi connectivity index (χ3n) is 2.28. The van der Waals surface area contributed by atoms with Crippen LogP contribution in [0.5, 0.6) is 0 Å². The predicted octanol–water partition coefficient (Wildman–Crippen LogP) is 3.96. The maximum absolute atomic E-state index is 13.0. The summed E-state index contributed by atoms with van der Waals surface area (Å²) in [6.45, 7) is 6.64. The van der Waals surface area contributed by atoms with Gasteiger partial charge < -0.3 is 10.6 Å². The van der Waals surface area contributed by atoms with Crippen LogP contribution in [0, 0.1) is 5.82 Å². The van der Waals surface area contributed by atoms with E-state index in [-0.39, 0.29) is 16.5 Å². The Morgan fingerprint density at radius 2 is 2.05 bits per heavy atom. The zero-order valence-corrected chi connectivity index (χ0v) is 13.5. The van der Waals surface area contributed by atoms with Crippen molar-refractivity contribution in [3.63, 3.8) is 0 Å². The van der Waals surface area contributed by atoms with Crippen molar-refractivity contribution < 1.29 is 9.18 Å². The van der Waals surface area contributed by atoms with Crippen LogP contribution >= 0.6 is 27.5 Å². The first-order valence-electron chi connectivity index (χ1n) is 5.88. The normalized spacial score (nSPS) is 11.5. The number of carbonyl (C=O) groups is 1. The van der Waals surface area contributed by atoms with E-state index in [2.05, 4.69) is 26.6 Å². The highest BCUT2D eigenvalue weighted by Gasteiger charge is 2.13. The van der Waals surface area contributed by atoms with Crippen molar-refractivity contribution in [2.75, 3.05) is 11.9 Å². The minimum absolute atomic E-state index is 0.0333. The summed E-state index contributed by atoms with van der Waals surface area (Å²) in [5.74, 6) is -0.629. The van der Waals surface area contributed by atoms with Crippen molar-refractivity contribution >= 4 is 39.1 Å². The number of nitrogens with one attached hydrogen (secondary N) is 2. The molecule has 0 fully saturated rings. The second-order valence-corrected chi connectivity index (χ2v) is 6.48. The third-order valence-corrected chi connectivity index (χ3v) is 3.20. The highest BCUT2D eigenvalue weighted by atomic mass is 79.9. The van der Waals surface area contributed by atoms with Crippen LogP contribution in [-0.4, -0.2) is 18.0 Å². The van der Waals surface area contributed by atoms with Crippen LogP contribution in [0.3, 0.4) is 0 Å². The maximum atomic E-state index is 13.0. The Morgan fingerprint density at radius 3 is 2.58 bits per heavy atom. The average molecular weight is 352 g/mol. The lowest BCUT2D eigenvalue weighted by Gasteiger charge is -2.20. The molecule has 2 N–H and O–H groups in total. The highest BCUT2D eigenvalue weighted by molar-refractivity contribution is 9.10. The summed E-state index contributed by atoms with van der Waals surface area (Å²) in [5.41, 5.74) is 0.359. The lowest BCUT2D eigenvalue weighted by Crippen LogP contribution is -2.37. The molecule has 0 atom stereocenters. The van der Waals surface area contributed by atoms with Gasteiger partial charge in [-0.3, -0.25) is 4.79 Å². The van der Waals surface area contributed by atoms with Crippen LogP contribution in [0.4, 0.5) is 10.1 Å². The first kappa shape index (κ1) is 16.4. The lowest BCUT2D eigenvalue weighted by molar-refractivity contribution is -0.116. The van der Waals surface area contributed by atoms with Gasteiger partial charge in [0.25, 0.3) is 0 Å². The number of amides is 1. The number of hydrogen-bond donors (Lipinski definition) is 2. The summed E-state index contributed by atoms with van der Waals surface area (Å²) in [7, 11) is 0. The van der Waals surface area contributed by atoms with E-state index in [1.807, 2.05) is 20.8 Å². The number of rotatable bonds is 4. The fourth-order valence-corrected chi connectivity index (χ4v) is 2.31. The molecule has 0 aliphatic rings. The van der Waals surface area contributed by atoms with Crippen molar-refractivity contribution in [1.82, 2.24) is 5.32 Å². The van der Waals surface area contributed by atoms with E-state index < -0.39 is 5.82 Å². The molecule has 0 saturated heterocycles. The summed E-state index contributed by atoms with van der Waals surface area (Å²) in [6, 6.07) is 2.42. The van der Waals surface area contributed by atoms with E-state index in [4.69, 9.17) is 11.6 Å². The van der Waals surface area contributed by atoms with Crippen molar-refractivity contribution in [3.8, 4) is 0 Å². The summed E-state index contributed by atoms with van der Waals surface area (Å²) >= 11 is 9.06. The zero-order chi connectivity index (χ0) is 14.6. The van der Waals surface area contributed by atoms with Crippen molar-refractivity contribution in [3.05, 3.63) is 27.4 Å². The van der Waals surface area contributed by atoms with Crippen LogP contribution in [0.15, 0.2) is 16.6 Å². The molecule has 1 amide bonds. The molecule has 6 heteroatoms. The molecule has 0 unspecified atom stereocenters. The molecule has 0 aliphatic carbocycles. The van der Waals surface area contributed by atoms with E-state index in [1.165, 1.54) is 6.07 Å². The molecule has 0 spiro atoms. The Bertz CT molecular complexity index is 451. The van der Waals surface area contributed by atoms with Crippen molar-refractivity contribution in [1.29, 1.82) is 0 Å². The first-order chi connectivity index (χ1) is 8.69. The number of anilines is 1. The quantitative estimate of drug-likeness (QED) is 0.862. The molecule has 0 saturated carbocycles. The molecular weight excluding hydrogens is 335 g/mol. The molecular formula is C13H17BrClFN2O. The van der Waals surface area contributed by atoms with Gasteiger partial charge in [0, 0.05) is 23.0 Å².